The van der Waals surface area contributed by atoms with Crippen LogP contribution >= 0.6 is 34.8 Å². The summed E-state index contributed by atoms with van der Waals surface area (Å²) >= 11 is 17.9. The Bertz CT molecular complexity index is 588. The molecule has 0 aliphatic carbocycles. The monoisotopic (exact) mass is 381 g/mol. The number of carbonyl (C=O) groups excluding carboxylic acids is 1. The molecular formula is C13H14Cl3N3O4. The second-order valence-corrected chi connectivity index (χ2v) is 7.21. The summed E-state index contributed by atoms with van der Waals surface area (Å²) in [6.45, 7) is 1.82. The van der Waals surface area contributed by atoms with Gasteiger partial charge in [0, 0.05) is 19.2 Å². The third-order valence-corrected chi connectivity index (χ3v) is 3.95. The maximum atomic E-state index is 12.4. The molecule has 1 saturated heterocycles. The van der Waals surface area contributed by atoms with Crippen molar-refractivity contribution in [3.63, 3.8) is 0 Å². The quantitative estimate of drug-likeness (QED) is 0.491. The molecule has 0 spiro atoms. The Morgan fingerprint density at radius 1 is 1.30 bits per heavy atom. The van der Waals surface area contributed by atoms with Gasteiger partial charge in [-0.1, -0.05) is 46.9 Å². The number of hydrogen-bond donors (Lipinski definition) is 1. The lowest BCUT2D eigenvalue weighted by Gasteiger charge is -2.38. The summed E-state index contributed by atoms with van der Waals surface area (Å²) in [5, 5.41) is 13.6. The van der Waals surface area contributed by atoms with Crippen molar-refractivity contribution in [3.05, 3.63) is 39.9 Å². The number of alkyl halides is 3. The Labute approximate surface area is 147 Å². The van der Waals surface area contributed by atoms with Crippen LogP contribution in [0.1, 0.15) is 10.4 Å². The summed E-state index contributed by atoms with van der Waals surface area (Å²) in [4.78, 5) is 24.6. The van der Waals surface area contributed by atoms with Gasteiger partial charge in [0.2, 0.25) is 3.79 Å². The number of amides is 1. The second-order valence-electron chi connectivity index (χ2n) is 4.84. The number of nitrogens with one attached hydrogen (secondary N) is 1. The van der Waals surface area contributed by atoms with Crippen molar-refractivity contribution in [2.45, 2.75) is 9.96 Å². The van der Waals surface area contributed by atoms with E-state index in [9.17, 15) is 14.9 Å². The van der Waals surface area contributed by atoms with Crippen LogP contribution in [0.15, 0.2) is 24.3 Å². The van der Waals surface area contributed by atoms with Gasteiger partial charge in [-0.2, -0.15) is 0 Å². The minimum absolute atomic E-state index is 0.0926. The first-order valence-corrected chi connectivity index (χ1v) is 7.87. The van der Waals surface area contributed by atoms with Crippen LogP contribution in [0.25, 0.3) is 0 Å². The molecule has 126 valence electrons. The maximum absolute atomic E-state index is 12.4. The van der Waals surface area contributed by atoms with Gasteiger partial charge in [0.25, 0.3) is 11.6 Å². The van der Waals surface area contributed by atoms with Gasteiger partial charge in [-0.25, -0.2) is 0 Å². The topological polar surface area (TPSA) is 84.7 Å². The van der Waals surface area contributed by atoms with Gasteiger partial charge in [-0.05, 0) is 6.07 Å². The van der Waals surface area contributed by atoms with Gasteiger partial charge in [0.1, 0.15) is 11.7 Å². The van der Waals surface area contributed by atoms with E-state index in [1.54, 1.807) is 4.90 Å². The first-order valence-electron chi connectivity index (χ1n) is 6.73. The molecule has 1 aliphatic heterocycles. The minimum atomic E-state index is -1.80. The molecule has 10 heteroatoms. The van der Waals surface area contributed by atoms with E-state index in [2.05, 4.69) is 5.32 Å². The number of nitro groups is 1. The van der Waals surface area contributed by atoms with Crippen LogP contribution < -0.4 is 5.32 Å². The summed E-state index contributed by atoms with van der Waals surface area (Å²) in [6, 6.07) is 5.60. The average molecular weight is 383 g/mol. The average Bonchev–Trinajstić information content (AvgIpc) is 2.52. The molecule has 0 bridgehead atoms. The van der Waals surface area contributed by atoms with E-state index in [-0.39, 0.29) is 11.3 Å². The number of rotatable bonds is 4. The van der Waals surface area contributed by atoms with Crippen LogP contribution in [0.2, 0.25) is 0 Å². The zero-order valence-corrected chi connectivity index (χ0v) is 14.1. The third-order valence-electron chi connectivity index (χ3n) is 3.33. The molecule has 1 amide bonds. The lowest BCUT2D eigenvalue weighted by molar-refractivity contribution is -0.385. The van der Waals surface area contributed by atoms with Gasteiger partial charge in [0.05, 0.1) is 18.1 Å². The van der Waals surface area contributed by atoms with E-state index < -0.39 is 20.8 Å². The number of ether oxygens (including phenoxy) is 1. The predicted molar refractivity (Wildman–Crippen MR) is 87.0 cm³/mol. The molecule has 1 heterocycles. The van der Waals surface area contributed by atoms with Crippen molar-refractivity contribution in [1.29, 1.82) is 0 Å². The van der Waals surface area contributed by atoms with Crippen molar-refractivity contribution in [2.24, 2.45) is 0 Å². The first-order chi connectivity index (χ1) is 10.8. The van der Waals surface area contributed by atoms with Crippen LogP contribution in [0, 0.1) is 10.1 Å². The SMILES string of the molecule is O=C(NC(N1CCOCC1)C(Cl)(Cl)Cl)c1ccccc1[N+](=O)[O-]. The number of para-hydroxylation sites is 1. The highest BCUT2D eigenvalue weighted by molar-refractivity contribution is 6.68. The number of nitrogens with zero attached hydrogens (tertiary/aromatic N) is 2. The summed E-state index contributed by atoms with van der Waals surface area (Å²) in [5.41, 5.74) is -0.403. The molecule has 7 nitrogen and oxygen atoms in total. The van der Waals surface area contributed by atoms with E-state index in [0.717, 1.165) is 0 Å². The van der Waals surface area contributed by atoms with E-state index in [1.807, 2.05) is 0 Å². The lowest BCUT2D eigenvalue weighted by atomic mass is 10.1. The second kappa shape index (κ2) is 7.63. The zero-order valence-electron chi connectivity index (χ0n) is 11.9. The molecule has 0 aromatic heterocycles. The smallest absolute Gasteiger partial charge is 0.282 e. The molecule has 1 N–H and O–H groups in total. The van der Waals surface area contributed by atoms with Crippen LogP contribution in [0.3, 0.4) is 0 Å². The Balaban J connectivity index is 2.22. The largest absolute Gasteiger partial charge is 0.379 e. The lowest BCUT2D eigenvalue weighted by Crippen LogP contribution is -2.58. The van der Waals surface area contributed by atoms with Crippen LogP contribution in [-0.4, -0.2) is 52.0 Å². The van der Waals surface area contributed by atoms with E-state index in [4.69, 9.17) is 39.5 Å². The number of morpholine rings is 1. The summed E-state index contributed by atoms with van der Waals surface area (Å²) in [6.07, 6.45) is -0.927. The molecule has 1 unspecified atom stereocenters. The van der Waals surface area contributed by atoms with Crippen LogP contribution in [0.5, 0.6) is 0 Å². The standard InChI is InChI=1S/C13H14Cl3N3O4/c14-13(15,16)12(18-5-7-23-8-6-18)17-11(20)9-3-1-2-4-10(9)19(21)22/h1-4,12H,5-8H2,(H,17,20). The number of halogens is 3. The molecule has 2 rings (SSSR count). The number of hydrogen-bond acceptors (Lipinski definition) is 5. The molecule has 1 fully saturated rings. The normalized spacial score (nSPS) is 17.5. The predicted octanol–water partition coefficient (Wildman–Crippen LogP) is 2.35. The Kier molecular flexibility index (Phi) is 6.05. The minimum Gasteiger partial charge on any atom is -0.379 e. The number of nitro benzene ring substituents is 1. The van der Waals surface area contributed by atoms with Crippen molar-refractivity contribution in [1.82, 2.24) is 10.2 Å². The van der Waals surface area contributed by atoms with Crippen molar-refractivity contribution >= 4 is 46.4 Å². The van der Waals surface area contributed by atoms with E-state index in [0.29, 0.717) is 26.3 Å². The van der Waals surface area contributed by atoms with Gasteiger partial charge < -0.3 is 10.1 Å². The van der Waals surface area contributed by atoms with E-state index >= 15 is 0 Å². The Hall–Kier alpha value is -1.12. The molecule has 0 saturated carbocycles. The number of benzene rings is 1. The van der Waals surface area contributed by atoms with Crippen molar-refractivity contribution in [2.75, 3.05) is 26.3 Å². The molecule has 23 heavy (non-hydrogen) atoms. The Morgan fingerprint density at radius 2 is 1.91 bits per heavy atom. The summed E-state index contributed by atoms with van der Waals surface area (Å²) in [5.74, 6) is -0.680. The molecule has 1 aliphatic rings. The Morgan fingerprint density at radius 3 is 2.48 bits per heavy atom. The maximum Gasteiger partial charge on any atom is 0.282 e. The molecule has 1 aromatic rings. The summed E-state index contributed by atoms with van der Waals surface area (Å²) < 4.78 is 3.43. The first kappa shape index (κ1) is 18.2. The van der Waals surface area contributed by atoms with E-state index in [1.165, 1.54) is 24.3 Å². The fourth-order valence-corrected chi connectivity index (χ4v) is 2.82. The fraction of sp³-hybridized carbons (Fsp3) is 0.462. The van der Waals surface area contributed by atoms with Gasteiger partial charge in [0.15, 0.2) is 0 Å². The molecular weight excluding hydrogens is 369 g/mol. The molecule has 0 radical (unpaired) electrons. The van der Waals surface area contributed by atoms with Gasteiger partial charge >= 0.3 is 0 Å². The highest BCUT2D eigenvalue weighted by Gasteiger charge is 2.39. The molecule has 1 atom stereocenters. The highest BCUT2D eigenvalue weighted by atomic mass is 35.6. The van der Waals surface area contributed by atoms with Crippen LogP contribution in [-0.2, 0) is 4.74 Å². The zero-order chi connectivity index (χ0) is 17.0. The third kappa shape index (κ3) is 4.68. The number of carbonyl (C=O) groups is 1. The van der Waals surface area contributed by atoms with Crippen molar-refractivity contribution in [3.8, 4) is 0 Å². The van der Waals surface area contributed by atoms with Gasteiger partial charge in [-0.3, -0.25) is 19.8 Å². The fourth-order valence-electron chi connectivity index (χ4n) is 2.24. The summed E-state index contributed by atoms with van der Waals surface area (Å²) in [7, 11) is 0. The van der Waals surface area contributed by atoms with Crippen LogP contribution in [0.4, 0.5) is 5.69 Å². The van der Waals surface area contributed by atoms with Crippen molar-refractivity contribution < 1.29 is 14.5 Å². The van der Waals surface area contributed by atoms with Gasteiger partial charge in [-0.15, -0.1) is 0 Å². The highest BCUT2D eigenvalue weighted by Crippen LogP contribution is 2.33. The molecule has 1 aromatic carbocycles.